The Morgan fingerprint density at radius 3 is 2.22 bits per heavy atom. The van der Waals surface area contributed by atoms with E-state index in [9.17, 15) is 14.4 Å². The molecular weight excluding hydrogens is 480 g/mol. The van der Waals surface area contributed by atoms with Crippen molar-refractivity contribution in [3.05, 3.63) is 52.3 Å². The zero-order valence-electron chi connectivity index (χ0n) is 18.9. The van der Waals surface area contributed by atoms with Gasteiger partial charge in [-0.3, -0.25) is 5.32 Å². The molecule has 0 radical (unpaired) electrons. The predicted molar refractivity (Wildman–Crippen MR) is 123 cm³/mol. The Morgan fingerprint density at radius 2 is 1.66 bits per heavy atom. The van der Waals surface area contributed by atoms with Crippen LogP contribution >= 0.6 is 15.9 Å². The van der Waals surface area contributed by atoms with Gasteiger partial charge in [-0.1, -0.05) is 18.2 Å². The van der Waals surface area contributed by atoms with Gasteiger partial charge in [0.15, 0.2) is 0 Å². The fourth-order valence-electron chi connectivity index (χ4n) is 2.98. The number of hydrogen-bond donors (Lipinski definition) is 1. The lowest BCUT2D eigenvalue weighted by Crippen LogP contribution is -2.47. The quantitative estimate of drug-likeness (QED) is 0.312. The first-order chi connectivity index (χ1) is 15.1. The molecule has 0 spiro atoms. The number of halogens is 1. The highest BCUT2D eigenvalue weighted by Gasteiger charge is 2.33. The molecule has 0 bridgehead atoms. The lowest BCUT2D eigenvalue weighted by Gasteiger charge is -2.24. The van der Waals surface area contributed by atoms with Crippen molar-refractivity contribution >= 4 is 33.8 Å². The third-order valence-electron chi connectivity index (χ3n) is 4.21. The lowest BCUT2D eigenvalue weighted by molar-refractivity contribution is -0.165. The van der Waals surface area contributed by atoms with Crippen LogP contribution in [0.3, 0.4) is 0 Å². The fourth-order valence-corrected chi connectivity index (χ4v) is 3.63. The van der Waals surface area contributed by atoms with E-state index in [0.717, 1.165) is 5.69 Å². The van der Waals surface area contributed by atoms with Crippen molar-refractivity contribution in [3.63, 3.8) is 0 Å². The van der Waals surface area contributed by atoms with Crippen molar-refractivity contribution in [2.75, 3.05) is 13.2 Å². The third kappa shape index (κ3) is 6.67. The molecule has 0 aliphatic rings. The molecule has 2 aromatic rings. The minimum Gasteiger partial charge on any atom is -0.464 e. The summed E-state index contributed by atoms with van der Waals surface area (Å²) in [5.41, 5.74) is 0.824. The normalized spacial score (nSPS) is 12.2. The summed E-state index contributed by atoms with van der Waals surface area (Å²) in [5, 5.41) is 2.91. The number of carbonyl (C=O) groups excluding carboxylic acids is 3. The third-order valence-corrected chi connectivity index (χ3v) is 4.79. The zero-order chi connectivity index (χ0) is 23.9. The van der Waals surface area contributed by atoms with E-state index >= 15 is 0 Å². The highest BCUT2D eigenvalue weighted by molar-refractivity contribution is 9.10. The maximum Gasteiger partial charge on any atom is 0.340 e. The van der Waals surface area contributed by atoms with Crippen LogP contribution in [0.2, 0.25) is 0 Å². The number of para-hydroxylation sites is 1. The molecule has 32 heavy (non-hydrogen) atoms. The largest absolute Gasteiger partial charge is 0.464 e. The van der Waals surface area contributed by atoms with Crippen LogP contribution in [0.5, 0.6) is 0 Å². The Kier molecular flexibility index (Phi) is 9.03. The smallest absolute Gasteiger partial charge is 0.340 e. The number of esters is 3. The Hall–Kier alpha value is -2.65. The lowest BCUT2D eigenvalue weighted by atomic mass is 10.2. The van der Waals surface area contributed by atoms with E-state index < -0.39 is 29.6 Å². The Morgan fingerprint density at radius 1 is 1.03 bits per heavy atom. The molecule has 1 aromatic carbocycles. The maximum absolute atomic E-state index is 12.7. The molecule has 0 saturated carbocycles. The number of nitrogens with one attached hydrogen (secondary N) is 1. The highest BCUT2D eigenvalue weighted by atomic mass is 79.9. The van der Waals surface area contributed by atoms with Gasteiger partial charge < -0.3 is 18.8 Å². The van der Waals surface area contributed by atoms with Gasteiger partial charge in [0.25, 0.3) is 0 Å². The number of ether oxygens (including phenoxy) is 3. The van der Waals surface area contributed by atoms with Gasteiger partial charge in [0.05, 0.1) is 29.1 Å². The molecular formula is C23H29BrN2O6. The van der Waals surface area contributed by atoms with E-state index in [-0.39, 0.29) is 19.8 Å². The second-order valence-corrected chi connectivity index (χ2v) is 8.63. The van der Waals surface area contributed by atoms with Crippen molar-refractivity contribution in [3.8, 4) is 5.69 Å². The number of nitrogens with zero attached hydrogens (tertiary/aromatic N) is 1. The molecule has 1 unspecified atom stereocenters. The van der Waals surface area contributed by atoms with Crippen LogP contribution in [0.25, 0.3) is 5.69 Å². The molecule has 1 atom stereocenters. The first-order valence-corrected chi connectivity index (χ1v) is 11.1. The van der Waals surface area contributed by atoms with Crippen LogP contribution in [-0.2, 0) is 30.3 Å². The van der Waals surface area contributed by atoms with Crippen molar-refractivity contribution in [2.24, 2.45) is 0 Å². The van der Waals surface area contributed by atoms with Gasteiger partial charge in [0.1, 0.15) is 5.60 Å². The van der Waals surface area contributed by atoms with E-state index in [1.807, 2.05) is 30.3 Å². The number of hydrogen-bond acceptors (Lipinski definition) is 7. The summed E-state index contributed by atoms with van der Waals surface area (Å²) >= 11 is 3.50. The first kappa shape index (κ1) is 25.6. The van der Waals surface area contributed by atoms with E-state index in [0.29, 0.717) is 15.9 Å². The summed E-state index contributed by atoms with van der Waals surface area (Å²) in [6, 6.07) is 9.65. The summed E-state index contributed by atoms with van der Waals surface area (Å²) in [4.78, 5) is 37.8. The van der Waals surface area contributed by atoms with E-state index in [4.69, 9.17) is 14.2 Å². The van der Waals surface area contributed by atoms with E-state index in [1.54, 1.807) is 45.3 Å². The molecule has 9 heteroatoms. The van der Waals surface area contributed by atoms with Crippen molar-refractivity contribution in [1.29, 1.82) is 0 Å². The molecule has 0 saturated heterocycles. The molecule has 2 rings (SSSR count). The van der Waals surface area contributed by atoms with Crippen LogP contribution < -0.4 is 5.32 Å². The summed E-state index contributed by atoms with van der Waals surface area (Å²) in [7, 11) is 0. The average Bonchev–Trinajstić information content (AvgIpc) is 3.04. The van der Waals surface area contributed by atoms with Gasteiger partial charge in [-0.2, -0.15) is 0 Å². The van der Waals surface area contributed by atoms with E-state index in [2.05, 4.69) is 21.2 Å². The van der Waals surface area contributed by atoms with Gasteiger partial charge in [0.2, 0.25) is 6.04 Å². The minimum absolute atomic E-state index is 0.00261. The SMILES string of the molecule is CCOC(=O)c1cc(Br)n(-c2ccccc2)c1CNC(C(=O)OCC)C(=O)OC(C)(C)C. The second kappa shape index (κ2) is 11.3. The van der Waals surface area contributed by atoms with Crippen LogP contribution in [0.1, 0.15) is 50.7 Å². The number of aromatic nitrogens is 1. The molecule has 1 aromatic heterocycles. The molecule has 1 heterocycles. The molecule has 0 amide bonds. The van der Waals surface area contributed by atoms with Gasteiger partial charge >= 0.3 is 17.9 Å². The first-order valence-electron chi connectivity index (χ1n) is 10.3. The van der Waals surface area contributed by atoms with Crippen LogP contribution in [-0.4, -0.2) is 47.3 Å². The number of carbonyl (C=O) groups is 3. The molecule has 8 nitrogen and oxygen atoms in total. The van der Waals surface area contributed by atoms with Crippen molar-refractivity contribution in [2.45, 2.75) is 52.8 Å². The monoisotopic (exact) mass is 508 g/mol. The van der Waals surface area contributed by atoms with Crippen LogP contribution in [0.4, 0.5) is 0 Å². The van der Waals surface area contributed by atoms with Gasteiger partial charge in [-0.15, -0.1) is 0 Å². The standard InChI is InChI=1S/C23H29BrN2O6/c1-6-30-20(27)16-13-18(24)26(15-11-9-8-10-12-15)17(16)14-25-19(21(28)31-7-2)22(29)32-23(3,4)5/h8-13,19,25H,6-7,14H2,1-5H3. The summed E-state index contributed by atoms with van der Waals surface area (Å²) in [6.07, 6.45) is 0. The number of benzene rings is 1. The van der Waals surface area contributed by atoms with Gasteiger partial charge in [0, 0.05) is 12.2 Å². The number of rotatable bonds is 9. The van der Waals surface area contributed by atoms with E-state index in [1.165, 1.54) is 0 Å². The molecule has 174 valence electrons. The molecule has 0 aliphatic heterocycles. The van der Waals surface area contributed by atoms with Crippen molar-refractivity contribution < 1.29 is 28.6 Å². The van der Waals surface area contributed by atoms with Crippen LogP contribution in [0, 0.1) is 0 Å². The average molecular weight is 509 g/mol. The highest BCUT2D eigenvalue weighted by Crippen LogP contribution is 2.27. The topological polar surface area (TPSA) is 95.9 Å². The molecule has 0 fully saturated rings. The summed E-state index contributed by atoms with van der Waals surface area (Å²) in [5.74, 6) is -2.02. The Bertz CT molecular complexity index is 949. The predicted octanol–water partition coefficient (Wildman–Crippen LogP) is 3.78. The fraction of sp³-hybridized carbons (Fsp3) is 0.435. The molecule has 1 N–H and O–H groups in total. The minimum atomic E-state index is -1.36. The summed E-state index contributed by atoms with van der Waals surface area (Å²) in [6.45, 7) is 8.83. The Balaban J connectivity index is 2.44. The van der Waals surface area contributed by atoms with Gasteiger partial charge in [-0.25, -0.2) is 14.4 Å². The van der Waals surface area contributed by atoms with Crippen molar-refractivity contribution in [1.82, 2.24) is 9.88 Å². The van der Waals surface area contributed by atoms with Crippen LogP contribution in [0.15, 0.2) is 41.0 Å². The Labute approximate surface area is 196 Å². The molecule has 0 aliphatic carbocycles. The zero-order valence-corrected chi connectivity index (χ0v) is 20.5. The summed E-state index contributed by atoms with van der Waals surface area (Å²) < 4.78 is 18.1. The maximum atomic E-state index is 12.7. The van der Waals surface area contributed by atoms with Gasteiger partial charge in [-0.05, 0) is 68.7 Å². The second-order valence-electron chi connectivity index (χ2n) is 7.82.